The van der Waals surface area contributed by atoms with Crippen molar-refractivity contribution in [2.45, 2.75) is 31.7 Å². The van der Waals surface area contributed by atoms with Crippen LogP contribution in [-0.2, 0) is 4.79 Å². The Kier molecular flexibility index (Phi) is 5.64. The first-order valence-corrected chi connectivity index (χ1v) is 9.35. The van der Waals surface area contributed by atoms with E-state index < -0.39 is 0 Å². The Morgan fingerprint density at radius 2 is 2.04 bits per heavy atom. The van der Waals surface area contributed by atoms with Gasteiger partial charge in [0.05, 0.1) is 6.04 Å². The normalized spacial score (nSPS) is 17.0. The van der Waals surface area contributed by atoms with Gasteiger partial charge in [-0.3, -0.25) is 9.59 Å². The van der Waals surface area contributed by atoms with Crippen LogP contribution < -0.4 is 5.32 Å². The summed E-state index contributed by atoms with van der Waals surface area (Å²) in [5, 5.41) is 6.58. The largest absolute Gasteiger partial charge is 0.352 e. The number of nitrogens with one attached hydrogen (secondary N) is 1. The van der Waals surface area contributed by atoms with Gasteiger partial charge in [-0.1, -0.05) is 30.3 Å². The van der Waals surface area contributed by atoms with Gasteiger partial charge in [0.15, 0.2) is 0 Å². The molecule has 0 saturated carbocycles. The maximum Gasteiger partial charge on any atom is 0.252 e. The van der Waals surface area contributed by atoms with E-state index >= 15 is 0 Å². The number of nitrogens with zero attached hydrogens (tertiary/aromatic N) is 1. The van der Waals surface area contributed by atoms with Crippen LogP contribution >= 0.6 is 11.3 Å². The number of carbonyl (C=O) groups excluding carboxylic acids is 2. The van der Waals surface area contributed by atoms with Crippen molar-refractivity contribution in [3.8, 4) is 0 Å². The first-order chi connectivity index (χ1) is 11.8. The van der Waals surface area contributed by atoms with Gasteiger partial charge in [-0.15, -0.1) is 0 Å². The third kappa shape index (κ3) is 4.03. The molecule has 1 saturated heterocycles. The molecule has 0 radical (unpaired) electrons. The van der Waals surface area contributed by atoms with Crippen LogP contribution in [0.5, 0.6) is 0 Å². The van der Waals surface area contributed by atoms with Gasteiger partial charge in [0, 0.05) is 30.5 Å². The lowest BCUT2D eigenvalue weighted by Gasteiger charge is -2.25. The Hall–Kier alpha value is -2.14. The molecule has 1 atom stereocenters. The summed E-state index contributed by atoms with van der Waals surface area (Å²) in [6.45, 7) is 1.37. The highest BCUT2D eigenvalue weighted by atomic mass is 32.1. The summed E-state index contributed by atoms with van der Waals surface area (Å²) in [7, 11) is 0. The third-order valence-electron chi connectivity index (χ3n) is 4.39. The molecule has 3 rings (SSSR count). The zero-order chi connectivity index (χ0) is 16.8. The highest BCUT2D eigenvalue weighted by Crippen LogP contribution is 2.32. The number of amides is 2. The molecule has 4 nitrogen and oxygen atoms in total. The van der Waals surface area contributed by atoms with E-state index in [-0.39, 0.29) is 17.9 Å². The Balaban J connectivity index is 1.45. The van der Waals surface area contributed by atoms with Gasteiger partial charge in [0.1, 0.15) is 0 Å². The molecular weight excluding hydrogens is 320 g/mol. The molecule has 1 aliphatic heterocycles. The first-order valence-electron chi connectivity index (χ1n) is 8.40. The summed E-state index contributed by atoms with van der Waals surface area (Å²) in [6, 6.07) is 12.3. The summed E-state index contributed by atoms with van der Waals surface area (Å²) >= 11 is 1.51. The number of hydrogen-bond donors (Lipinski definition) is 1. The summed E-state index contributed by atoms with van der Waals surface area (Å²) in [5.74, 6) is 0.123. The van der Waals surface area contributed by atoms with Crippen molar-refractivity contribution in [3.63, 3.8) is 0 Å². The van der Waals surface area contributed by atoms with Gasteiger partial charge < -0.3 is 10.2 Å². The van der Waals surface area contributed by atoms with Crippen LogP contribution in [-0.4, -0.2) is 29.8 Å². The minimum Gasteiger partial charge on any atom is -0.352 e. The van der Waals surface area contributed by atoms with Crippen molar-refractivity contribution in [2.24, 2.45) is 0 Å². The van der Waals surface area contributed by atoms with Gasteiger partial charge in [0.25, 0.3) is 5.91 Å². The summed E-state index contributed by atoms with van der Waals surface area (Å²) in [4.78, 5) is 26.4. The smallest absolute Gasteiger partial charge is 0.252 e. The van der Waals surface area contributed by atoms with Crippen molar-refractivity contribution in [2.75, 3.05) is 13.1 Å². The lowest BCUT2D eigenvalue weighted by Crippen LogP contribution is -2.31. The van der Waals surface area contributed by atoms with Gasteiger partial charge in [0.2, 0.25) is 5.91 Å². The molecule has 5 heteroatoms. The highest BCUT2D eigenvalue weighted by molar-refractivity contribution is 7.08. The standard InChI is InChI=1S/C19H22N2O2S/c22-18(9-4-11-20-19(23)16-10-13-24-14-16)21-12-5-8-17(21)15-6-2-1-3-7-15/h1-3,6-7,10,13-14,17H,4-5,8-9,11-12H2,(H,20,23). The Morgan fingerprint density at radius 3 is 2.79 bits per heavy atom. The van der Waals surface area contributed by atoms with Crippen LogP contribution in [0.2, 0.25) is 0 Å². The Morgan fingerprint density at radius 1 is 1.21 bits per heavy atom. The average Bonchev–Trinajstić information content (AvgIpc) is 3.30. The zero-order valence-electron chi connectivity index (χ0n) is 13.6. The molecule has 1 aromatic heterocycles. The molecule has 1 N–H and O–H groups in total. The van der Waals surface area contributed by atoms with E-state index in [1.807, 2.05) is 33.9 Å². The van der Waals surface area contributed by atoms with Gasteiger partial charge in [-0.25, -0.2) is 0 Å². The van der Waals surface area contributed by atoms with Crippen molar-refractivity contribution >= 4 is 23.2 Å². The van der Waals surface area contributed by atoms with E-state index in [4.69, 9.17) is 0 Å². The van der Waals surface area contributed by atoms with Crippen LogP contribution in [0.25, 0.3) is 0 Å². The van der Waals surface area contributed by atoms with Crippen LogP contribution in [0.15, 0.2) is 47.2 Å². The molecule has 2 amide bonds. The average molecular weight is 342 g/mol. The molecular formula is C19H22N2O2S. The molecule has 1 aliphatic rings. The van der Waals surface area contributed by atoms with Crippen molar-refractivity contribution in [3.05, 3.63) is 58.3 Å². The molecule has 1 fully saturated rings. The third-order valence-corrected chi connectivity index (χ3v) is 5.08. The minimum absolute atomic E-state index is 0.0629. The maximum atomic E-state index is 12.5. The number of benzene rings is 1. The van der Waals surface area contributed by atoms with Crippen molar-refractivity contribution in [1.82, 2.24) is 10.2 Å². The second-order valence-corrected chi connectivity index (χ2v) is 6.81. The maximum absolute atomic E-state index is 12.5. The Labute approximate surface area is 146 Å². The van der Waals surface area contributed by atoms with Crippen molar-refractivity contribution < 1.29 is 9.59 Å². The molecule has 0 aliphatic carbocycles. The van der Waals surface area contributed by atoms with E-state index in [1.54, 1.807) is 6.07 Å². The van der Waals surface area contributed by atoms with E-state index in [9.17, 15) is 9.59 Å². The van der Waals surface area contributed by atoms with Crippen molar-refractivity contribution in [1.29, 1.82) is 0 Å². The first kappa shape index (κ1) is 16.7. The van der Waals surface area contributed by atoms with E-state index in [0.29, 0.717) is 24.9 Å². The number of likely N-dealkylation sites (tertiary alicyclic amines) is 1. The minimum atomic E-state index is -0.0629. The molecule has 1 unspecified atom stereocenters. The molecule has 2 aromatic rings. The molecule has 0 spiro atoms. The van der Waals surface area contributed by atoms with Gasteiger partial charge in [-0.05, 0) is 36.3 Å². The highest BCUT2D eigenvalue weighted by Gasteiger charge is 2.29. The van der Waals surface area contributed by atoms with Crippen LogP contribution in [0, 0.1) is 0 Å². The molecule has 24 heavy (non-hydrogen) atoms. The van der Waals surface area contributed by atoms with Crippen LogP contribution in [0.4, 0.5) is 0 Å². The predicted octanol–water partition coefficient (Wildman–Crippen LogP) is 3.62. The monoisotopic (exact) mass is 342 g/mol. The van der Waals surface area contributed by atoms with Crippen LogP contribution in [0.3, 0.4) is 0 Å². The van der Waals surface area contributed by atoms with E-state index in [0.717, 1.165) is 19.4 Å². The number of thiophene rings is 1. The van der Waals surface area contributed by atoms with E-state index in [1.165, 1.54) is 16.9 Å². The molecule has 2 heterocycles. The lowest BCUT2D eigenvalue weighted by atomic mass is 10.0. The fraction of sp³-hybridized carbons (Fsp3) is 0.368. The van der Waals surface area contributed by atoms with Gasteiger partial charge >= 0.3 is 0 Å². The van der Waals surface area contributed by atoms with Crippen LogP contribution in [0.1, 0.15) is 47.6 Å². The zero-order valence-corrected chi connectivity index (χ0v) is 14.4. The number of hydrogen-bond acceptors (Lipinski definition) is 3. The molecule has 1 aromatic carbocycles. The topological polar surface area (TPSA) is 49.4 Å². The fourth-order valence-electron chi connectivity index (χ4n) is 3.17. The predicted molar refractivity (Wildman–Crippen MR) is 96.0 cm³/mol. The SMILES string of the molecule is O=C(NCCCC(=O)N1CCCC1c1ccccc1)c1ccsc1. The lowest BCUT2D eigenvalue weighted by molar-refractivity contribution is -0.132. The summed E-state index contributed by atoms with van der Waals surface area (Å²) in [6.07, 6.45) is 3.24. The van der Waals surface area contributed by atoms with E-state index in [2.05, 4.69) is 17.4 Å². The number of carbonyl (C=O) groups is 2. The Bertz CT molecular complexity index is 670. The summed E-state index contributed by atoms with van der Waals surface area (Å²) < 4.78 is 0. The molecule has 126 valence electrons. The summed E-state index contributed by atoms with van der Waals surface area (Å²) in [5.41, 5.74) is 1.91. The quantitative estimate of drug-likeness (QED) is 0.815. The fourth-order valence-corrected chi connectivity index (χ4v) is 3.80. The second kappa shape index (κ2) is 8.11. The van der Waals surface area contributed by atoms with Gasteiger partial charge in [-0.2, -0.15) is 11.3 Å². The molecule has 0 bridgehead atoms. The number of rotatable bonds is 6. The second-order valence-electron chi connectivity index (χ2n) is 6.03.